The van der Waals surface area contributed by atoms with E-state index in [0.29, 0.717) is 13.3 Å². The molecule has 0 aromatic rings. The minimum absolute atomic E-state index is 0.537. The third-order valence-electron chi connectivity index (χ3n) is 1.27. The molecule has 0 spiro atoms. The molecule has 1 rings (SSSR count). The first-order chi connectivity index (χ1) is 3.60. The smallest absolute Gasteiger partial charge is 0.210 e. The number of ether oxygens (including phenoxy) is 1. The Hall–Kier alpha value is -0.120. The lowest BCUT2D eigenvalue weighted by Gasteiger charge is -2.19. The van der Waals surface area contributed by atoms with E-state index in [0.717, 1.165) is 4.48 Å². The van der Waals surface area contributed by atoms with Crippen LogP contribution in [0.3, 0.4) is 0 Å². The van der Waals surface area contributed by atoms with Crippen LogP contribution in [0.5, 0.6) is 0 Å². The molecule has 0 aromatic heterocycles. The topological polar surface area (TPSA) is 29.5 Å². The van der Waals surface area contributed by atoms with E-state index < -0.39 is 6.29 Å². The van der Waals surface area contributed by atoms with E-state index in [2.05, 4.69) is 0 Å². The Kier molecular flexibility index (Phi) is 1.27. The molecule has 48 valence electrons. The van der Waals surface area contributed by atoms with Gasteiger partial charge in [-0.3, -0.25) is 4.74 Å². The predicted octanol–water partition coefficient (Wildman–Crippen LogP) is -0.631. The Morgan fingerprint density at radius 1 is 1.62 bits per heavy atom. The molecule has 0 saturated carbocycles. The third-order valence-corrected chi connectivity index (χ3v) is 1.27. The standard InChI is InChI=1S/C5H12NO2/c1-6(2)3-5(7)8-4-6/h5,7H,3-4H2,1-2H3/q+1. The van der Waals surface area contributed by atoms with Gasteiger partial charge in [0.2, 0.25) is 6.29 Å². The van der Waals surface area contributed by atoms with Crippen LogP contribution < -0.4 is 0 Å². The van der Waals surface area contributed by atoms with Crippen molar-refractivity contribution in [3.8, 4) is 0 Å². The first-order valence-electron chi connectivity index (χ1n) is 2.72. The average molecular weight is 118 g/mol. The zero-order valence-electron chi connectivity index (χ0n) is 5.29. The van der Waals surface area contributed by atoms with Crippen molar-refractivity contribution in [1.82, 2.24) is 0 Å². The average Bonchev–Trinajstić information content (AvgIpc) is 1.82. The van der Waals surface area contributed by atoms with E-state index in [1.807, 2.05) is 14.1 Å². The van der Waals surface area contributed by atoms with Gasteiger partial charge < -0.3 is 9.59 Å². The van der Waals surface area contributed by atoms with Gasteiger partial charge in [-0.25, -0.2) is 0 Å². The number of hydrogen-bond acceptors (Lipinski definition) is 2. The maximum absolute atomic E-state index is 8.83. The Labute approximate surface area is 49.1 Å². The molecule has 0 aliphatic carbocycles. The van der Waals surface area contributed by atoms with Gasteiger partial charge in [0, 0.05) is 0 Å². The fraction of sp³-hybridized carbons (Fsp3) is 1.00. The molecule has 1 fully saturated rings. The molecule has 3 nitrogen and oxygen atoms in total. The highest BCUT2D eigenvalue weighted by molar-refractivity contribution is 4.41. The van der Waals surface area contributed by atoms with E-state index in [-0.39, 0.29) is 0 Å². The summed E-state index contributed by atoms with van der Waals surface area (Å²) in [5.74, 6) is 0. The monoisotopic (exact) mass is 118 g/mol. The summed E-state index contributed by atoms with van der Waals surface area (Å²) in [4.78, 5) is 0. The van der Waals surface area contributed by atoms with Crippen LogP contribution in [0.15, 0.2) is 0 Å². The maximum atomic E-state index is 8.83. The van der Waals surface area contributed by atoms with Gasteiger partial charge in [-0.15, -0.1) is 0 Å². The Balaban J connectivity index is 2.44. The van der Waals surface area contributed by atoms with Crippen molar-refractivity contribution in [3.63, 3.8) is 0 Å². The Morgan fingerprint density at radius 3 is 2.38 bits per heavy atom. The van der Waals surface area contributed by atoms with Gasteiger partial charge in [-0.2, -0.15) is 0 Å². The van der Waals surface area contributed by atoms with Crippen molar-refractivity contribution < 1.29 is 14.3 Å². The highest BCUT2D eigenvalue weighted by Crippen LogP contribution is 2.09. The first kappa shape index (κ1) is 6.01. The van der Waals surface area contributed by atoms with Gasteiger partial charge >= 0.3 is 0 Å². The second kappa shape index (κ2) is 1.69. The van der Waals surface area contributed by atoms with Crippen molar-refractivity contribution in [2.75, 3.05) is 27.4 Å². The summed E-state index contributed by atoms with van der Waals surface area (Å²) >= 11 is 0. The molecule has 0 bridgehead atoms. The summed E-state index contributed by atoms with van der Waals surface area (Å²) in [6.45, 7) is 1.33. The fourth-order valence-corrected chi connectivity index (χ4v) is 0.816. The van der Waals surface area contributed by atoms with Crippen LogP contribution in [0, 0.1) is 0 Å². The Morgan fingerprint density at radius 2 is 2.25 bits per heavy atom. The number of hydrogen-bond donors (Lipinski definition) is 1. The number of quaternary nitrogens is 1. The molecular formula is C5H12NO2+. The summed E-state index contributed by atoms with van der Waals surface area (Å²) in [5, 5.41) is 8.83. The molecule has 8 heavy (non-hydrogen) atoms. The van der Waals surface area contributed by atoms with Crippen LogP contribution in [0.4, 0.5) is 0 Å². The van der Waals surface area contributed by atoms with Crippen LogP contribution in [0.1, 0.15) is 0 Å². The molecule has 0 radical (unpaired) electrons. The number of rotatable bonds is 0. The largest absolute Gasteiger partial charge is 0.363 e. The number of likely N-dealkylation sites (N-methyl/N-ethyl adjacent to an activating group) is 1. The summed E-state index contributed by atoms with van der Waals surface area (Å²) < 4.78 is 5.66. The molecule has 1 heterocycles. The lowest BCUT2D eigenvalue weighted by atomic mass is 10.5. The molecule has 1 saturated heterocycles. The Bertz CT molecular complexity index is 92.4. The summed E-state index contributed by atoms with van der Waals surface area (Å²) in [7, 11) is 4.05. The molecule has 0 aromatic carbocycles. The van der Waals surface area contributed by atoms with Crippen LogP contribution >= 0.6 is 0 Å². The third kappa shape index (κ3) is 1.18. The fourth-order valence-electron chi connectivity index (χ4n) is 0.816. The van der Waals surface area contributed by atoms with Crippen molar-refractivity contribution in [1.29, 1.82) is 0 Å². The summed E-state index contributed by atoms with van der Waals surface area (Å²) in [6, 6.07) is 0. The van der Waals surface area contributed by atoms with Gasteiger partial charge in [0.05, 0.1) is 14.1 Å². The van der Waals surface area contributed by atoms with E-state index >= 15 is 0 Å². The van der Waals surface area contributed by atoms with E-state index in [4.69, 9.17) is 9.84 Å². The van der Waals surface area contributed by atoms with Gasteiger partial charge in [-0.05, 0) is 0 Å². The lowest BCUT2D eigenvalue weighted by Crippen LogP contribution is -2.37. The molecule has 1 atom stereocenters. The van der Waals surface area contributed by atoms with Gasteiger partial charge in [0.15, 0.2) is 6.73 Å². The maximum Gasteiger partial charge on any atom is 0.210 e. The number of aliphatic hydroxyl groups excluding tert-OH is 1. The SMILES string of the molecule is C[N+]1(C)COC(O)C1. The minimum Gasteiger partial charge on any atom is -0.363 e. The zero-order valence-corrected chi connectivity index (χ0v) is 5.29. The second-order valence-corrected chi connectivity index (χ2v) is 2.87. The quantitative estimate of drug-likeness (QED) is 0.429. The van der Waals surface area contributed by atoms with Crippen LogP contribution in [-0.4, -0.2) is 43.3 Å². The van der Waals surface area contributed by atoms with E-state index in [1.165, 1.54) is 0 Å². The summed E-state index contributed by atoms with van der Waals surface area (Å²) in [5.41, 5.74) is 0. The van der Waals surface area contributed by atoms with Crippen molar-refractivity contribution in [2.45, 2.75) is 6.29 Å². The number of aliphatic hydroxyl groups is 1. The number of nitrogens with zero attached hydrogens (tertiary/aromatic N) is 1. The molecule has 1 unspecified atom stereocenters. The van der Waals surface area contributed by atoms with Crippen LogP contribution in [0.25, 0.3) is 0 Å². The molecule has 1 aliphatic rings. The van der Waals surface area contributed by atoms with Gasteiger partial charge in [0.1, 0.15) is 6.54 Å². The van der Waals surface area contributed by atoms with Crippen molar-refractivity contribution >= 4 is 0 Å². The highest BCUT2D eigenvalue weighted by atomic mass is 16.6. The van der Waals surface area contributed by atoms with Gasteiger partial charge in [-0.1, -0.05) is 0 Å². The molecule has 1 N–H and O–H groups in total. The van der Waals surface area contributed by atoms with Crippen LogP contribution in [0.2, 0.25) is 0 Å². The second-order valence-electron chi connectivity index (χ2n) is 2.87. The lowest BCUT2D eigenvalue weighted by molar-refractivity contribution is -0.888. The van der Waals surface area contributed by atoms with Crippen molar-refractivity contribution in [3.05, 3.63) is 0 Å². The summed E-state index contributed by atoms with van der Waals surface area (Å²) in [6.07, 6.45) is -0.537. The molecule has 3 heteroatoms. The first-order valence-corrected chi connectivity index (χ1v) is 2.72. The highest BCUT2D eigenvalue weighted by Gasteiger charge is 2.29. The minimum atomic E-state index is -0.537. The van der Waals surface area contributed by atoms with E-state index in [9.17, 15) is 0 Å². The molecular weight excluding hydrogens is 106 g/mol. The predicted molar refractivity (Wildman–Crippen MR) is 28.9 cm³/mol. The molecule has 0 amide bonds. The normalized spacial score (nSPS) is 35.6. The van der Waals surface area contributed by atoms with Gasteiger partial charge in [0.25, 0.3) is 0 Å². The molecule has 1 aliphatic heterocycles. The van der Waals surface area contributed by atoms with Crippen LogP contribution in [-0.2, 0) is 4.74 Å². The van der Waals surface area contributed by atoms with Crippen molar-refractivity contribution in [2.24, 2.45) is 0 Å². The van der Waals surface area contributed by atoms with E-state index in [1.54, 1.807) is 0 Å². The zero-order chi connectivity index (χ0) is 6.20.